The van der Waals surface area contributed by atoms with Gasteiger partial charge in [0.25, 0.3) is 0 Å². The number of nitrogens with zero attached hydrogens (tertiary/aromatic N) is 4. The van der Waals surface area contributed by atoms with E-state index >= 15 is 0 Å². The second-order valence-corrected chi connectivity index (χ2v) is 6.39. The molecule has 0 N–H and O–H groups in total. The van der Waals surface area contributed by atoms with Crippen molar-refractivity contribution in [1.29, 1.82) is 0 Å². The zero-order chi connectivity index (χ0) is 18.4. The van der Waals surface area contributed by atoms with Gasteiger partial charge in [-0.05, 0) is 31.2 Å². The Labute approximate surface area is 156 Å². The maximum atomic E-state index is 12.7. The number of furan rings is 1. The predicted octanol–water partition coefficient (Wildman–Crippen LogP) is 3.87. The molecule has 0 aliphatic heterocycles. The number of para-hydroxylation sites is 1. The molecule has 0 spiro atoms. The zero-order valence-electron chi connectivity index (χ0n) is 14.5. The van der Waals surface area contributed by atoms with E-state index in [0.717, 1.165) is 5.69 Å². The number of aromatic nitrogens is 3. The summed E-state index contributed by atoms with van der Waals surface area (Å²) < 4.78 is 7.31. The Morgan fingerprint density at radius 3 is 2.73 bits per heavy atom. The molecule has 0 aliphatic rings. The number of carbonyl (C=O) groups is 1. The van der Waals surface area contributed by atoms with E-state index in [9.17, 15) is 4.79 Å². The van der Waals surface area contributed by atoms with Crippen molar-refractivity contribution in [2.24, 2.45) is 0 Å². The quantitative estimate of drug-likeness (QED) is 0.446. The molecule has 2 heterocycles. The fourth-order valence-corrected chi connectivity index (χ4v) is 3.42. The van der Waals surface area contributed by atoms with Gasteiger partial charge in [-0.3, -0.25) is 9.36 Å². The van der Waals surface area contributed by atoms with Crippen molar-refractivity contribution in [3.63, 3.8) is 0 Å². The molecule has 0 unspecified atom stereocenters. The molecular formula is C19H20N4O2S. The largest absolute Gasteiger partial charge is 0.461 e. The van der Waals surface area contributed by atoms with Crippen molar-refractivity contribution < 1.29 is 9.21 Å². The summed E-state index contributed by atoms with van der Waals surface area (Å²) in [6, 6.07) is 13.3. The normalized spacial score (nSPS) is 10.7. The van der Waals surface area contributed by atoms with Gasteiger partial charge in [0.2, 0.25) is 11.7 Å². The Kier molecular flexibility index (Phi) is 5.91. The second-order valence-electron chi connectivity index (χ2n) is 5.44. The molecule has 0 saturated heterocycles. The summed E-state index contributed by atoms with van der Waals surface area (Å²) in [5.41, 5.74) is 0.893. The monoisotopic (exact) mass is 368 g/mol. The van der Waals surface area contributed by atoms with Crippen LogP contribution in [-0.4, -0.2) is 33.0 Å². The van der Waals surface area contributed by atoms with Crippen LogP contribution in [0.1, 0.15) is 6.92 Å². The summed E-state index contributed by atoms with van der Waals surface area (Å²) >= 11 is 1.36. The lowest BCUT2D eigenvalue weighted by Crippen LogP contribution is -2.32. The third-order valence-electron chi connectivity index (χ3n) is 3.78. The number of allylic oxidation sites excluding steroid dienone is 1. The van der Waals surface area contributed by atoms with Gasteiger partial charge in [-0.2, -0.15) is 0 Å². The van der Waals surface area contributed by atoms with Crippen LogP contribution in [0.3, 0.4) is 0 Å². The van der Waals surface area contributed by atoms with Crippen LogP contribution in [0.25, 0.3) is 11.6 Å². The molecular weight excluding hydrogens is 348 g/mol. The van der Waals surface area contributed by atoms with Crippen molar-refractivity contribution >= 4 is 23.4 Å². The second kappa shape index (κ2) is 8.53. The molecule has 0 atom stereocenters. The first-order valence-electron chi connectivity index (χ1n) is 8.30. The number of anilines is 1. The lowest BCUT2D eigenvalue weighted by atomic mass is 10.3. The number of benzene rings is 1. The Hall–Kier alpha value is -2.80. The van der Waals surface area contributed by atoms with Crippen LogP contribution >= 0.6 is 11.8 Å². The molecule has 0 saturated carbocycles. The van der Waals surface area contributed by atoms with E-state index in [0.29, 0.717) is 29.8 Å². The third-order valence-corrected chi connectivity index (χ3v) is 4.73. The average Bonchev–Trinajstić information content (AvgIpc) is 3.32. The highest BCUT2D eigenvalue weighted by Crippen LogP contribution is 2.25. The number of hydrogen-bond donors (Lipinski definition) is 0. The van der Waals surface area contributed by atoms with Crippen molar-refractivity contribution in [2.75, 3.05) is 17.2 Å². The standard InChI is InChI=1S/C19H20N4O2S/c1-3-12-23-18(16-11-8-13-25-16)20-21-19(23)26-14-17(24)22(4-2)15-9-6-5-7-10-15/h3,5-11,13H,1,4,12,14H2,2H3. The van der Waals surface area contributed by atoms with Crippen LogP contribution in [0.4, 0.5) is 5.69 Å². The van der Waals surface area contributed by atoms with Crippen molar-refractivity contribution in [1.82, 2.24) is 14.8 Å². The SMILES string of the molecule is C=CCn1c(SCC(=O)N(CC)c2ccccc2)nnc1-c1ccco1. The molecule has 26 heavy (non-hydrogen) atoms. The Bertz CT molecular complexity index is 859. The van der Waals surface area contributed by atoms with Crippen LogP contribution < -0.4 is 4.90 Å². The average molecular weight is 368 g/mol. The van der Waals surface area contributed by atoms with E-state index in [1.54, 1.807) is 23.3 Å². The topological polar surface area (TPSA) is 64.2 Å². The molecule has 0 bridgehead atoms. The molecule has 134 valence electrons. The molecule has 3 aromatic rings. The first kappa shape index (κ1) is 18.0. The third kappa shape index (κ3) is 3.88. The van der Waals surface area contributed by atoms with Gasteiger partial charge in [-0.1, -0.05) is 36.0 Å². The van der Waals surface area contributed by atoms with Gasteiger partial charge in [0, 0.05) is 18.8 Å². The number of rotatable bonds is 8. The van der Waals surface area contributed by atoms with Gasteiger partial charge in [0.15, 0.2) is 10.9 Å². The molecule has 0 aliphatic carbocycles. The molecule has 2 aromatic heterocycles. The summed E-state index contributed by atoms with van der Waals surface area (Å²) in [6.07, 6.45) is 3.36. The minimum atomic E-state index is 0.0244. The summed E-state index contributed by atoms with van der Waals surface area (Å²) in [5, 5.41) is 9.08. The van der Waals surface area contributed by atoms with Crippen LogP contribution in [0.15, 0.2) is 71.0 Å². The molecule has 0 radical (unpaired) electrons. The van der Waals surface area contributed by atoms with Gasteiger partial charge in [0.1, 0.15) is 0 Å². The van der Waals surface area contributed by atoms with E-state index in [4.69, 9.17) is 4.42 Å². The van der Waals surface area contributed by atoms with Crippen molar-refractivity contribution in [2.45, 2.75) is 18.6 Å². The fraction of sp³-hybridized carbons (Fsp3) is 0.211. The van der Waals surface area contributed by atoms with Crippen LogP contribution in [0.2, 0.25) is 0 Å². The van der Waals surface area contributed by atoms with Crippen molar-refractivity contribution in [3.05, 3.63) is 61.4 Å². The Morgan fingerprint density at radius 2 is 2.08 bits per heavy atom. The minimum Gasteiger partial charge on any atom is -0.461 e. The zero-order valence-corrected chi connectivity index (χ0v) is 15.4. The van der Waals surface area contributed by atoms with Crippen molar-refractivity contribution in [3.8, 4) is 11.6 Å². The Morgan fingerprint density at radius 1 is 1.27 bits per heavy atom. The van der Waals surface area contributed by atoms with E-state index < -0.39 is 0 Å². The highest BCUT2D eigenvalue weighted by atomic mass is 32.2. The molecule has 6 nitrogen and oxygen atoms in total. The molecule has 1 aromatic carbocycles. The van der Waals surface area contributed by atoms with Gasteiger partial charge < -0.3 is 9.32 Å². The van der Waals surface area contributed by atoms with Crippen LogP contribution in [0, 0.1) is 0 Å². The molecule has 7 heteroatoms. The maximum absolute atomic E-state index is 12.7. The summed E-state index contributed by atoms with van der Waals surface area (Å²) in [4.78, 5) is 14.4. The number of thioether (sulfide) groups is 1. The van der Waals surface area contributed by atoms with E-state index in [-0.39, 0.29) is 11.7 Å². The lowest BCUT2D eigenvalue weighted by Gasteiger charge is -2.20. The molecule has 0 fully saturated rings. The lowest BCUT2D eigenvalue weighted by molar-refractivity contribution is -0.116. The molecule has 1 amide bonds. The van der Waals surface area contributed by atoms with Gasteiger partial charge >= 0.3 is 0 Å². The Balaban J connectivity index is 1.75. The highest BCUT2D eigenvalue weighted by molar-refractivity contribution is 7.99. The summed E-state index contributed by atoms with van der Waals surface area (Å²) in [5.74, 6) is 1.56. The van der Waals surface area contributed by atoms with Gasteiger partial charge in [-0.15, -0.1) is 16.8 Å². The predicted molar refractivity (Wildman–Crippen MR) is 103 cm³/mol. The molecule has 3 rings (SSSR count). The van der Waals surface area contributed by atoms with Gasteiger partial charge in [0.05, 0.1) is 12.0 Å². The first-order chi connectivity index (χ1) is 12.7. The highest BCUT2D eigenvalue weighted by Gasteiger charge is 2.19. The maximum Gasteiger partial charge on any atom is 0.237 e. The number of amides is 1. The minimum absolute atomic E-state index is 0.0244. The van der Waals surface area contributed by atoms with Crippen LogP contribution in [0.5, 0.6) is 0 Å². The fourth-order valence-electron chi connectivity index (χ4n) is 2.59. The van der Waals surface area contributed by atoms with E-state index in [1.165, 1.54) is 11.8 Å². The number of carbonyl (C=O) groups excluding carboxylic acids is 1. The van der Waals surface area contributed by atoms with Crippen LogP contribution in [-0.2, 0) is 11.3 Å². The summed E-state index contributed by atoms with van der Waals surface area (Å²) in [6.45, 7) is 6.90. The first-order valence-corrected chi connectivity index (χ1v) is 9.29. The van der Waals surface area contributed by atoms with E-state index in [1.807, 2.05) is 47.9 Å². The van der Waals surface area contributed by atoms with E-state index in [2.05, 4.69) is 16.8 Å². The smallest absolute Gasteiger partial charge is 0.237 e. The summed E-state index contributed by atoms with van der Waals surface area (Å²) in [7, 11) is 0. The van der Waals surface area contributed by atoms with Gasteiger partial charge in [-0.25, -0.2) is 0 Å². The number of hydrogen-bond acceptors (Lipinski definition) is 5.